The van der Waals surface area contributed by atoms with Gasteiger partial charge in [0.15, 0.2) is 0 Å². The van der Waals surface area contributed by atoms with Gasteiger partial charge in [0.05, 0.1) is 13.2 Å². The van der Waals surface area contributed by atoms with Gasteiger partial charge in [0, 0.05) is 13.1 Å². The summed E-state index contributed by atoms with van der Waals surface area (Å²) in [5.74, 6) is 0.809. The van der Waals surface area contributed by atoms with Gasteiger partial charge in [-0.1, -0.05) is 46.5 Å². The van der Waals surface area contributed by atoms with Gasteiger partial charge < -0.3 is 4.74 Å². The molecule has 1 atom stereocenters. The summed E-state index contributed by atoms with van der Waals surface area (Å²) in [6, 6.07) is 0. The molecular weight excluding hydrogens is 272 g/mol. The van der Waals surface area contributed by atoms with Crippen molar-refractivity contribution in [1.82, 2.24) is 4.90 Å². The van der Waals surface area contributed by atoms with E-state index in [0.29, 0.717) is 0 Å². The third kappa shape index (κ3) is 7.73. The molecule has 1 unspecified atom stereocenters. The molecule has 0 N–H and O–H groups in total. The average molecular weight is 311 g/mol. The Bertz CT molecular complexity index is 304. The number of nitrogens with zero attached hydrogens (tertiary/aromatic N) is 2. The van der Waals surface area contributed by atoms with Crippen molar-refractivity contribution < 1.29 is 4.74 Å². The predicted molar refractivity (Wildman–Crippen MR) is 96.7 cm³/mol. The molecule has 0 saturated carbocycles. The Labute approximate surface area is 138 Å². The van der Waals surface area contributed by atoms with Crippen LogP contribution >= 0.6 is 0 Å². The zero-order chi connectivity index (χ0) is 16.3. The van der Waals surface area contributed by atoms with Crippen molar-refractivity contribution in [2.24, 2.45) is 10.9 Å². The van der Waals surface area contributed by atoms with Crippen molar-refractivity contribution >= 4 is 6.21 Å². The number of unbranched alkanes of at least 4 members (excludes halogenated alkanes) is 4. The van der Waals surface area contributed by atoms with Crippen molar-refractivity contribution in [3.8, 4) is 0 Å². The molecule has 0 aromatic heterocycles. The summed E-state index contributed by atoms with van der Waals surface area (Å²) in [6.07, 6.45) is 12.2. The summed E-state index contributed by atoms with van der Waals surface area (Å²) < 4.78 is 6.03. The van der Waals surface area contributed by atoms with E-state index in [4.69, 9.17) is 4.74 Å². The minimum Gasteiger partial charge on any atom is -0.359 e. The molecule has 1 rings (SSSR count). The zero-order valence-corrected chi connectivity index (χ0v) is 15.4. The molecule has 22 heavy (non-hydrogen) atoms. The Balaban J connectivity index is 2.18. The van der Waals surface area contributed by atoms with Gasteiger partial charge in [-0.3, -0.25) is 9.89 Å². The van der Waals surface area contributed by atoms with Crippen LogP contribution in [0.3, 0.4) is 0 Å². The van der Waals surface area contributed by atoms with Crippen LogP contribution in [0.5, 0.6) is 0 Å². The van der Waals surface area contributed by atoms with E-state index in [9.17, 15) is 0 Å². The highest BCUT2D eigenvalue weighted by Gasteiger charge is 2.36. The fourth-order valence-corrected chi connectivity index (χ4v) is 3.14. The maximum absolute atomic E-state index is 6.03. The van der Waals surface area contributed by atoms with Crippen LogP contribution < -0.4 is 0 Å². The highest BCUT2D eigenvalue weighted by Crippen LogP contribution is 2.28. The van der Waals surface area contributed by atoms with Crippen LogP contribution in [-0.4, -0.2) is 43.1 Å². The van der Waals surface area contributed by atoms with Gasteiger partial charge in [-0.2, -0.15) is 0 Å². The highest BCUT2D eigenvalue weighted by atomic mass is 16.5. The summed E-state index contributed by atoms with van der Waals surface area (Å²) in [4.78, 5) is 7.08. The van der Waals surface area contributed by atoms with E-state index >= 15 is 0 Å². The van der Waals surface area contributed by atoms with E-state index in [2.05, 4.69) is 43.8 Å². The van der Waals surface area contributed by atoms with Gasteiger partial charge in [-0.05, 0) is 44.7 Å². The fraction of sp³-hybridized carbons (Fsp3) is 0.947. The minimum atomic E-state index is -0.0408. The first-order valence-electron chi connectivity index (χ1n) is 9.46. The number of hydrogen-bond donors (Lipinski definition) is 0. The van der Waals surface area contributed by atoms with Gasteiger partial charge >= 0.3 is 0 Å². The summed E-state index contributed by atoms with van der Waals surface area (Å²) in [6.45, 7) is 13.0. The third-order valence-electron chi connectivity index (χ3n) is 4.68. The Morgan fingerprint density at radius 1 is 1.23 bits per heavy atom. The summed E-state index contributed by atoms with van der Waals surface area (Å²) >= 11 is 0. The predicted octanol–water partition coefficient (Wildman–Crippen LogP) is 4.90. The molecule has 1 saturated heterocycles. The molecule has 3 heteroatoms. The molecule has 0 aromatic rings. The SMILES string of the molecule is CCCCCCC1(C)OCCN1CCN=CCCCC(C)C. The number of aliphatic imine (C=N–C) groups is 1. The molecule has 0 amide bonds. The van der Waals surface area contributed by atoms with E-state index in [-0.39, 0.29) is 5.72 Å². The number of rotatable bonds is 12. The van der Waals surface area contributed by atoms with E-state index in [1.54, 1.807) is 0 Å². The van der Waals surface area contributed by atoms with Crippen LogP contribution in [-0.2, 0) is 4.74 Å². The largest absolute Gasteiger partial charge is 0.359 e. The molecule has 0 aromatic carbocycles. The normalized spacial score (nSPS) is 23.1. The van der Waals surface area contributed by atoms with Crippen LogP contribution in [0.1, 0.15) is 79.1 Å². The number of ether oxygens (including phenoxy) is 1. The molecule has 1 heterocycles. The standard InChI is InChI=1S/C19H38N2O/c1-5-6-7-9-12-19(4)21(16-17-22-19)15-14-20-13-10-8-11-18(2)3/h13,18H,5-12,14-17H2,1-4H3. The van der Waals surface area contributed by atoms with Crippen molar-refractivity contribution in [2.45, 2.75) is 84.8 Å². The van der Waals surface area contributed by atoms with Gasteiger partial charge in [-0.25, -0.2) is 0 Å². The first kappa shape index (κ1) is 19.6. The van der Waals surface area contributed by atoms with Crippen LogP contribution in [0.4, 0.5) is 0 Å². The van der Waals surface area contributed by atoms with Crippen molar-refractivity contribution in [1.29, 1.82) is 0 Å². The van der Waals surface area contributed by atoms with Gasteiger partial charge in [0.25, 0.3) is 0 Å². The molecule has 1 aliphatic rings. The molecule has 0 spiro atoms. The van der Waals surface area contributed by atoms with Crippen molar-refractivity contribution in [3.05, 3.63) is 0 Å². The van der Waals surface area contributed by atoms with Crippen molar-refractivity contribution in [3.63, 3.8) is 0 Å². The molecule has 3 nitrogen and oxygen atoms in total. The van der Waals surface area contributed by atoms with E-state index in [0.717, 1.165) is 45.0 Å². The van der Waals surface area contributed by atoms with Gasteiger partial charge in [-0.15, -0.1) is 0 Å². The quantitative estimate of drug-likeness (QED) is 0.378. The van der Waals surface area contributed by atoms with Crippen molar-refractivity contribution in [2.75, 3.05) is 26.2 Å². The maximum atomic E-state index is 6.03. The Morgan fingerprint density at radius 3 is 2.77 bits per heavy atom. The van der Waals surface area contributed by atoms with Gasteiger partial charge in [0.1, 0.15) is 5.72 Å². The lowest BCUT2D eigenvalue weighted by Gasteiger charge is -2.33. The lowest BCUT2D eigenvalue weighted by Crippen LogP contribution is -2.43. The molecule has 0 aliphatic carbocycles. The second kappa shape index (κ2) is 11.2. The Morgan fingerprint density at radius 2 is 2.05 bits per heavy atom. The molecular formula is C19H38N2O. The summed E-state index contributed by atoms with van der Waals surface area (Å²) in [5, 5.41) is 0. The maximum Gasteiger partial charge on any atom is 0.119 e. The lowest BCUT2D eigenvalue weighted by molar-refractivity contribution is -0.0727. The van der Waals surface area contributed by atoms with Crippen LogP contribution in [0.2, 0.25) is 0 Å². The third-order valence-corrected chi connectivity index (χ3v) is 4.68. The summed E-state index contributed by atoms with van der Waals surface area (Å²) in [5.41, 5.74) is -0.0408. The van der Waals surface area contributed by atoms with E-state index in [1.807, 2.05) is 0 Å². The van der Waals surface area contributed by atoms with E-state index < -0.39 is 0 Å². The first-order valence-corrected chi connectivity index (χ1v) is 9.46. The fourth-order valence-electron chi connectivity index (χ4n) is 3.14. The van der Waals surface area contributed by atoms with Crippen LogP contribution in [0.25, 0.3) is 0 Å². The second-order valence-electron chi connectivity index (χ2n) is 7.23. The molecule has 130 valence electrons. The molecule has 1 fully saturated rings. The molecule has 0 bridgehead atoms. The molecule has 1 aliphatic heterocycles. The van der Waals surface area contributed by atoms with Crippen LogP contribution in [0.15, 0.2) is 4.99 Å². The Kier molecular flexibility index (Phi) is 9.98. The zero-order valence-electron chi connectivity index (χ0n) is 15.4. The topological polar surface area (TPSA) is 24.8 Å². The first-order chi connectivity index (χ1) is 10.6. The highest BCUT2D eigenvalue weighted by molar-refractivity contribution is 5.56. The molecule has 0 radical (unpaired) electrons. The van der Waals surface area contributed by atoms with E-state index in [1.165, 1.54) is 38.5 Å². The monoisotopic (exact) mass is 310 g/mol. The van der Waals surface area contributed by atoms with Crippen LogP contribution in [0, 0.1) is 5.92 Å². The van der Waals surface area contributed by atoms with Gasteiger partial charge in [0.2, 0.25) is 0 Å². The average Bonchev–Trinajstić information content (AvgIpc) is 2.84. The summed E-state index contributed by atoms with van der Waals surface area (Å²) in [7, 11) is 0. The Hall–Kier alpha value is -0.410. The second-order valence-corrected chi connectivity index (χ2v) is 7.23. The smallest absolute Gasteiger partial charge is 0.119 e. The number of hydrogen-bond acceptors (Lipinski definition) is 3. The minimum absolute atomic E-state index is 0.0408. The lowest BCUT2D eigenvalue weighted by atomic mass is 10.0.